The fourth-order valence-electron chi connectivity index (χ4n) is 0.337. The van der Waals surface area contributed by atoms with Crippen molar-refractivity contribution in [1.82, 2.24) is 0 Å². The molecule has 0 spiro atoms. The Kier molecular flexibility index (Phi) is 5.88. The highest BCUT2D eigenvalue weighted by Crippen LogP contribution is 2.05. The Hall–Kier alpha value is -0.150. The van der Waals surface area contributed by atoms with Crippen LogP contribution in [-0.2, 0) is 9.47 Å². The Balaban J connectivity index is 2.95. The van der Waals surface area contributed by atoms with Gasteiger partial charge < -0.3 is 9.47 Å². The van der Waals surface area contributed by atoms with E-state index in [9.17, 15) is 4.39 Å². The number of halogens is 1. The highest BCUT2D eigenvalue weighted by Gasteiger charge is 2.06. The summed E-state index contributed by atoms with van der Waals surface area (Å²) < 4.78 is 20.9. The number of rotatable bonds is 5. The van der Waals surface area contributed by atoms with Crippen LogP contribution in [-0.4, -0.2) is 13.2 Å². The van der Waals surface area contributed by atoms with E-state index in [4.69, 9.17) is 0 Å². The molecule has 9 heavy (non-hydrogen) atoms. The second kappa shape index (κ2) is 5.98. The Labute approximate surface area is 55.0 Å². The molecule has 0 rings (SSSR count). The summed E-state index contributed by atoms with van der Waals surface area (Å²) in [6.45, 7) is 3.48. The van der Waals surface area contributed by atoms with Crippen LogP contribution in [0.25, 0.3) is 0 Å². The normalized spacial score (nSPS) is 10.7. The first-order valence-corrected chi connectivity index (χ1v) is 3.09. The molecule has 0 aliphatic heterocycles. The maximum Gasteiger partial charge on any atom is 0.409 e. The third kappa shape index (κ3) is 5.73. The first-order valence-electron chi connectivity index (χ1n) is 3.09. The van der Waals surface area contributed by atoms with Crippen molar-refractivity contribution in [3.63, 3.8) is 0 Å². The maximum atomic E-state index is 12.1. The molecule has 0 aliphatic rings. The summed E-state index contributed by atoms with van der Waals surface area (Å²) in [6, 6.07) is 0. The van der Waals surface area contributed by atoms with Gasteiger partial charge in [-0.15, -0.1) is 0 Å². The van der Waals surface area contributed by atoms with Crippen molar-refractivity contribution in [3.05, 3.63) is 6.54 Å². The van der Waals surface area contributed by atoms with Gasteiger partial charge in [0.1, 0.15) is 0 Å². The molecule has 3 heteroatoms. The zero-order chi connectivity index (χ0) is 7.11. The third-order valence-electron chi connectivity index (χ3n) is 0.677. The number of ether oxygens (including phenoxy) is 2. The van der Waals surface area contributed by atoms with Crippen LogP contribution in [0.5, 0.6) is 0 Å². The molecule has 2 nitrogen and oxygen atoms in total. The van der Waals surface area contributed by atoms with Crippen molar-refractivity contribution in [1.29, 1.82) is 0 Å². The molecule has 55 valence electrons. The lowest BCUT2D eigenvalue weighted by molar-refractivity contribution is -0.111. The van der Waals surface area contributed by atoms with E-state index >= 15 is 0 Å². The molecule has 0 aliphatic carbocycles. The van der Waals surface area contributed by atoms with Gasteiger partial charge in [0, 0.05) is 0 Å². The molecule has 0 unspecified atom stereocenters. The molecular weight excluding hydrogens is 123 g/mol. The van der Waals surface area contributed by atoms with E-state index in [0.29, 0.717) is 13.2 Å². The van der Waals surface area contributed by atoms with E-state index in [1.54, 1.807) is 6.92 Å². The van der Waals surface area contributed by atoms with Gasteiger partial charge in [0.05, 0.1) is 13.2 Å². The first-order chi connectivity index (χ1) is 4.31. The molecule has 0 atom stereocenters. The smallest absolute Gasteiger partial charge is 0.318 e. The van der Waals surface area contributed by atoms with Gasteiger partial charge in [0.2, 0.25) is 0 Å². The summed E-state index contributed by atoms with van der Waals surface area (Å²) >= 11 is 0. The standard InChI is InChI=1S/C6H12FO2/c1-3-5-9-6(7)8-4-2/h3-5H2,1-2H3. The van der Waals surface area contributed by atoms with Crippen molar-refractivity contribution in [3.8, 4) is 0 Å². The van der Waals surface area contributed by atoms with Crippen molar-refractivity contribution in [2.45, 2.75) is 20.3 Å². The zero-order valence-electron chi connectivity index (χ0n) is 5.82. The quantitative estimate of drug-likeness (QED) is 0.573. The lowest BCUT2D eigenvalue weighted by atomic mass is 10.5. The molecule has 1 radical (unpaired) electrons. The van der Waals surface area contributed by atoms with Gasteiger partial charge in [-0.1, -0.05) is 6.92 Å². The highest BCUT2D eigenvalue weighted by atomic mass is 19.2. The number of hydrogen-bond donors (Lipinski definition) is 0. The zero-order valence-corrected chi connectivity index (χ0v) is 5.82. The highest BCUT2D eigenvalue weighted by molar-refractivity contribution is 4.41. The predicted molar refractivity (Wildman–Crippen MR) is 32.2 cm³/mol. The SMILES string of the molecule is CCCO[C](F)OCC. The molecule has 0 heterocycles. The van der Waals surface area contributed by atoms with Gasteiger partial charge in [-0.05, 0) is 13.3 Å². The summed E-state index contributed by atoms with van der Waals surface area (Å²) in [6.07, 6.45) is 0.792. The molecule has 0 aromatic carbocycles. The average molecular weight is 135 g/mol. The van der Waals surface area contributed by atoms with Crippen molar-refractivity contribution < 1.29 is 13.9 Å². The lowest BCUT2D eigenvalue weighted by Gasteiger charge is -2.03. The minimum atomic E-state index is -0.820. The van der Waals surface area contributed by atoms with Crippen LogP contribution in [0.15, 0.2) is 0 Å². The van der Waals surface area contributed by atoms with E-state index in [0.717, 1.165) is 6.42 Å². The Morgan fingerprint density at radius 2 is 2.00 bits per heavy atom. The third-order valence-corrected chi connectivity index (χ3v) is 0.677. The van der Waals surface area contributed by atoms with Gasteiger partial charge in [-0.25, -0.2) is 0 Å². The van der Waals surface area contributed by atoms with E-state index in [2.05, 4.69) is 9.47 Å². The Bertz CT molecular complexity index is 59.0. The van der Waals surface area contributed by atoms with Crippen molar-refractivity contribution in [2.75, 3.05) is 13.2 Å². The van der Waals surface area contributed by atoms with E-state index in [1.165, 1.54) is 0 Å². The summed E-state index contributed by atoms with van der Waals surface area (Å²) in [5.74, 6) is 0. The van der Waals surface area contributed by atoms with Crippen LogP contribution in [0.4, 0.5) is 4.39 Å². The summed E-state index contributed by atoms with van der Waals surface area (Å²) in [4.78, 5) is 0. The number of hydrogen-bond acceptors (Lipinski definition) is 2. The van der Waals surface area contributed by atoms with Crippen molar-refractivity contribution >= 4 is 0 Å². The van der Waals surface area contributed by atoms with E-state index in [-0.39, 0.29) is 0 Å². The first kappa shape index (κ1) is 8.85. The topological polar surface area (TPSA) is 18.5 Å². The van der Waals surface area contributed by atoms with Gasteiger partial charge in [0.15, 0.2) is 0 Å². The predicted octanol–water partition coefficient (Wildman–Crippen LogP) is 1.87. The van der Waals surface area contributed by atoms with Crippen LogP contribution in [0, 0.1) is 6.54 Å². The maximum absolute atomic E-state index is 12.1. The Morgan fingerprint density at radius 3 is 2.44 bits per heavy atom. The monoisotopic (exact) mass is 135 g/mol. The Morgan fingerprint density at radius 1 is 1.33 bits per heavy atom. The molecule has 0 amide bonds. The minimum absolute atomic E-state index is 0.315. The van der Waals surface area contributed by atoms with Crippen LogP contribution in [0.3, 0.4) is 0 Å². The molecular formula is C6H12FO2. The second-order valence-electron chi connectivity index (χ2n) is 1.52. The second-order valence-corrected chi connectivity index (χ2v) is 1.52. The van der Waals surface area contributed by atoms with Gasteiger partial charge in [0.25, 0.3) is 0 Å². The molecule has 0 aromatic heterocycles. The van der Waals surface area contributed by atoms with E-state index in [1.807, 2.05) is 6.92 Å². The average Bonchev–Trinajstić information content (AvgIpc) is 1.85. The van der Waals surface area contributed by atoms with E-state index < -0.39 is 6.54 Å². The largest absolute Gasteiger partial charge is 0.409 e. The fourth-order valence-corrected chi connectivity index (χ4v) is 0.337. The van der Waals surface area contributed by atoms with Crippen LogP contribution < -0.4 is 0 Å². The molecule has 0 aromatic rings. The fraction of sp³-hybridized carbons (Fsp3) is 0.833. The van der Waals surface area contributed by atoms with Gasteiger partial charge >= 0.3 is 6.54 Å². The van der Waals surface area contributed by atoms with Crippen LogP contribution >= 0.6 is 0 Å². The molecule has 0 saturated heterocycles. The molecule has 0 fully saturated rings. The minimum Gasteiger partial charge on any atom is -0.318 e. The van der Waals surface area contributed by atoms with Crippen molar-refractivity contribution in [2.24, 2.45) is 0 Å². The van der Waals surface area contributed by atoms with Gasteiger partial charge in [-0.3, -0.25) is 0 Å². The molecule has 0 saturated carbocycles. The molecule has 0 bridgehead atoms. The summed E-state index contributed by atoms with van der Waals surface area (Å²) in [5, 5.41) is 0. The van der Waals surface area contributed by atoms with Gasteiger partial charge in [-0.2, -0.15) is 4.39 Å². The summed E-state index contributed by atoms with van der Waals surface area (Å²) in [5.41, 5.74) is 0. The lowest BCUT2D eigenvalue weighted by Crippen LogP contribution is -2.02. The molecule has 0 N–H and O–H groups in total. The van der Waals surface area contributed by atoms with Crippen LogP contribution in [0.2, 0.25) is 0 Å². The summed E-state index contributed by atoms with van der Waals surface area (Å²) in [7, 11) is 0. The van der Waals surface area contributed by atoms with Crippen LogP contribution in [0.1, 0.15) is 20.3 Å².